The van der Waals surface area contributed by atoms with E-state index in [9.17, 15) is 0 Å². The Balaban J connectivity index is 1.97. The molecule has 0 aromatic heterocycles. The van der Waals surface area contributed by atoms with E-state index in [-0.39, 0.29) is 0 Å². The number of fused-ring (bicyclic) bond motifs is 1. The number of hydrogen-bond donors (Lipinski definition) is 0. The fraction of sp³-hybridized carbons (Fsp3) is 1.00. The first-order chi connectivity index (χ1) is 3.89. The molecule has 0 bridgehead atoms. The van der Waals surface area contributed by atoms with E-state index >= 15 is 0 Å². The Morgan fingerprint density at radius 1 is 1.00 bits per heavy atom. The highest BCUT2D eigenvalue weighted by atomic mass is 35.5. The van der Waals surface area contributed by atoms with Crippen molar-refractivity contribution in [3.8, 4) is 0 Å². The molecule has 2 aliphatic rings. The maximum atomic E-state index is 5.96. The van der Waals surface area contributed by atoms with Crippen molar-refractivity contribution in [1.29, 1.82) is 0 Å². The third kappa shape index (κ3) is 0.589. The van der Waals surface area contributed by atoms with Crippen LogP contribution in [0.3, 0.4) is 0 Å². The average molecular weight is 131 g/mol. The van der Waals surface area contributed by atoms with E-state index in [1.165, 1.54) is 25.7 Å². The molecule has 0 N–H and O–H groups in total. The number of halogens is 1. The molecular weight excluding hydrogens is 120 g/mol. The van der Waals surface area contributed by atoms with E-state index in [4.69, 9.17) is 11.6 Å². The van der Waals surface area contributed by atoms with Crippen molar-refractivity contribution in [3.63, 3.8) is 0 Å². The van der Waals surface area contributed by atoms with Gasteiger partial charge in [0.1, 0.15) is 0 Å². The molecule has 2 aliphatic carbocycles. The molecule has 0 aromatic rings. The Morgan fingerprint density at radius 2 is 1.50 bits per heavy atom. The summed E-state index contributed by atoms with van der Waals surface area (Å²) in [7, 11) is 0. The smallest absolute Gasteiger partial charge is 0.0398 e. The molecule has 2 fully saturated rings. The van der Waals surface area contributed by atoms with Gasteiger partial charge in [-0.1, -0.05) is 12.8 Å². The summed E-state index contributed by atoms with van der Waals surface area (Å²) in [4.78, 5) is 0. The lowest BCUT2D eigenvalue weighted by Gasteiger charge is -2.04. The highest BCUT2D eigenvalue weighted by molar-refractivity contribution is 6.23. The van der Waals surface area contributed by atoms with Gasteiger partial charge >= 0.3 is 0 Å². The maximum Gasteiger partial charge on any atom is 0.0398 e. The van der Waals surface area contributed by atoms with Gasteiger partial charge in [-0.15, -0.1) is 11.6 Å². The molecule has 2 saturated carbocycles. The van der Waals surface area contributed by atoms with Crippen LogP contribution in [0.15, 0.2) is 0 Å². The second-order valence-electron chi connectivity index (χ2n) is 3.06. The molecule has 0 heterocycles. The molecule has 1 unspecified atom stereocenters. The second-order valence-corrected chi connectivity index (χ2v) is 3.56. The third-order valence-electron chi connectivity index (χ3n) is 2.55. The van der Waals surface area contributed by atoms with Crippen LogP contribution in [-0.2, 0) is 0 Å². The lowest BCUT2D eigenvalue weighted by Crippen LogP contribution is -1.91. The van der Waals surface area contributed by atoms with Gasteiger partial charge < -0.3 is 0 Å². The summed E-state index contributed by atoms with van der Waals surface area (Å²) in [6, 6.07) is 0. The summed E-state index contributed by atoms with van der Waals surface area (Å²) in [5.41, 5.74) is 0. The predicted molar refractivity (Wildman–Crippen MR) is 35.1 cm³/mol. The molecule has 46 valence electrons. The Kier molecular flexibility index (Phi) is 1.04. The molecule has 3 atom stereocenters. The number of rotatable bonds is 0. The van der Waals surface area contributed by atoms with Crippen molar-refractivity contribution in [2.24, 2.45) is 11.8 Å². The SMILES string of the molecule is ClC1[C@H]2CCCC[C@@H]12. The monoisotopic (exact) mass is 130 g/mol. The van der Waals surface area contributed by atoms with E-state index in [0.29, 0.717) is 5.38 Å². The normalized spacial score (nSPS) is 52.9. The van der Waals surface area contributed by atoms with Crippen LogP contribution in [0.4, 0.5) is 0 Å². The predicted octanol–water partition coefficient (Wildman–Crippen LogP) is 2.41. The Morgan fingerprint density at radius 3 is 1.88 bits per heavy atom. The zero-order valence-corrected chi connectivity index (χ0v) is 5.69. The fourth-order valence-electron chi connectivity index (χ4n) is 1.90. The van der Waals surface area contributed by atoms with Crippen LogP contribution in [0.2, 0.25) is 0 Å². The first-order valence-corrected chi connectivity index (χ1v) is 3.97. The largest absolute Gasteiger partial charge is 0.122 e. The Bertz CT molecular complexity index is 88.6. The van der Waals surface area contributed by atoms with Crippen LogP contribution < -0.4 is 0 Å². The summed E-state index contributed by atoms with van der Waals surface area (Å²) in [6.45, 7) is 0. The molecule has 0 aromatic carbocycles. The average Bonchev–Trinajstić information content (AvgIpc) is 2.46. The van der Waals surface area contributed by atoms with Gasteiger partial charge in [0.15, 0.2) is 0 Å². The Labute approximate surface area is 55.2 Å². The van der Waals surface area contributed by atoms with E-state index in [0.717, 1.165) is 11.8 Å². The molecule has 0 radical (unpaired) electrons. The molecule has 0 nitrogen and oxygen atoms in total. The minimum absolute atomic E-state index is 0.581. The van der Waals surface area contributed by atoms with Crippen LogP contribution in [0.5, 0.6) is 0 Å². The van der Waals surface area contributed by atoms with E-state index < -0.39 is 0 Å². The molecule has 0 amide bonds. The zero-order valence-electron chi connectivity index (χ0n) is 4.94. The van der Waals surface area contributed by atoms with E-state index in [2.05, 4.69) is 0 Å². The minimum atomic E-state index is 0.581. The van der Waals surface area contributed by atoms with Crippen molar-refractivity contribution in [3.05, 3.63) is 0 Å². The standard InChI is InChI=1S/C7H11Cl/c8-7-5-3-1-2-4-6(5)7/h5-7H,1-4H2/t5-,6+,7?. The summed E-state index contributed by atoms with van der Waals surface area (Å²) in [5, 5.41) is 0.581. The van der Waals surface area contributed by atoms with Gasteiger partial charge in [-0.2, -0.15) is 0 Å². The summed E-state index contributed by atoms with van der Waals surface area (Å²) in [5.74, 6) is 1.87. The molecule has 8 heavy (non-hydrogen) atoms. The zero-order chi connectivity index (χ0) is 5.56. The molecule has 0 spiro atoms. The van der Waals surface area contributed by atoms with Crippen LogP contribution in [0.1, 0.15) is 25.7 Å². The summed E-state index contributed by atoms with van der Waals surface area (Å²) < 4.78 is 0. The van der Waals surface area contributed by atoms with Gasteiger partial charge in [0.05, 0.1) is 0 Å². The number of alkyl halides is 1. The van der Waals surface area contributed by atoms with Crippen LogP contribution >= 0.6 is 11.6 Å². The molecule has 1 heteroatoms. The van der Waals surface area contributed by atoms with Gasteiger partial charge in [0.25, 0.3) is 0 Å². The fourth-order valence-corrected chi connectivity index (χ4v) is 2.45. The van der Waals surface area contributed by atoms with Crippen LogP contribution in [0, 0.1) is 11.8 Å². The van der Waals surface area contributed by atoms with Crippen molar-refractivity contribution in [2.45, 2.75) is 31.1 Å². The van der Waals surface area contributed by atoms with Gasteiger partial charge in [-0.3, -0.25) is 0 Å². The van der Waals surface area contributed by atoms with Gasteiger partial charge in [0.2, 0.25) is 0 Å². The highest BCUT2D eigenvalue weighted by Gasteiger charge is 2.49. The van der Waals surface area contributed by atoms with E-state index in [1.807, 2.05) is 0 Å². The summed E-state index contributed by atoms with van der Waals surface area (Å²) >= 11 is 5.96. The van der Waals surface area contributed by atoms with E-state index in [1.54, 1.807) is 0 Å². The van der Waals surface area contributed by atoms with Gasteiger partial charge in [-0.25, -0.2) is 0 Å². The number of hydrogen-bond acceptors (Lipinski definition) is 0. The minimum Gasteiger partial charge on any atom is -0.122 e. The van der Waals surface area contributed by atoms with Crippen molar-refractivity contribution < 1.29 is 0 Å². The van der Waals surface area contributed by atoms with Crippen molar-refractivity contribution >= 4 is 11.6 Å². The van der Waals surface area contributed by atoms with Crippen molar-refractivity contribution in [1.82, 2.24) is 0 Å². The topological polar surface area (TPSA) is 0 Å². The lowest BCUT2D eigenvalue weighted by molar-refractivity contribution is 0.480. The summed E-state index contributed by atoms with van der Waals surface area (Å²) in [6.07, 6.45) is 5.70. The van der Waals surface area contributed by atoms with Crippen LogP contribution in [-0.4, -0.2) is 5.38 Å². The first kappa shape index (κ1) is 5.10. The van der Waals surface area contributed by atoms with Crippen LogP contribution in [0.25, 0.3) is 0 Å². The second kappa shape index (κ2) is 1.63. The molecule has 0 aliphatic heterocycles. The molecule has 0 saturated heterocycles. The highest BCUT2D eigenvalue weighted by Crippen LogP contribution is 2.53. The first-order valence-electron chi connectivity index (χ1n) is 3.53. The third-order valence-corrected chi connectivity index (χ3v) is 3.20. The van der Waals surface area contributed by atoms with Crippen molar-refractivity contribution in [2.75, 3.05) is 0 Å². The lowest BCUT2D eigenvalue weighted by atomic mass is 10.0. The molecule has 2 rings (SSSR count). The quantitative estimate of drug-likeness (QED) is 0.442. The maximum absolute atomic E-state index is 5.96. The Hall–Kier alpha value is 0.290. The molecular formula is C7H11Cl. The van der Waals surface area contributed by atoms with Gasteiger partial charge in [-0.05, 0) is 24.7 Å². The van der Waals surface area contributed by atoms with Gasteiger partial charge in [0, 0.05) is 5.38 Å².